The molecule has 1 N–H and O–H groups in total. The van der Waals surface area contributed by atoms with Gasteiger partial charge in [0.2, 0.25) is 5.91 Å². The van der Waals surface area contributed by atoms with E-state index >= 15 is 0 Å². The molecule has 0 saturated carbocycles. The summed E-state index contributed by atoms with van der Waals surface area (Å²) in [5.74, 6) is -0.335. The van der Waals surface area contributed by atoms with Crippen LogP contribution in [0.3, 0.4) is 0 Å². The van der Waals surface area contributed by atoms with Crippen molar-refractivity contribution in [1.29, 1.82) is 0 Å². The molecule has 154 valence electrons. The molecule has 2 aromatic rings. The topological polar surface area (TPSA) is 76.1 Å². The number of piperidine rings is 1. The lowest BCUT2D eigenvalue weighted by atomic mass is 9.84. The molecule has 1 aliphatic rings. The first kappa shape index (κ1) is 21.0. The second-order valence-corrected chi connectivity index (χ2v) is 7.44. The van der Waals surface area contributed by atoms with Crippen LogP contribution in [0.4, 0.5) is 0 Å². The highest BCUT2D eigenvalue weighted by molar-refractivity contribution is 6.30. The molecule has 1 aliphatic heterocycles. The van der Waals surface area contributed by atoms with E-state index in [1.165, 1.54) is 0 Å². The van der Waals surface area contributed by atoms with Crippen molar-refractivity contribution in [1.82, 2.24) is 4.90 Å². The predicted octanol–water partition coefficient (Wildman–Crippen LogP) is 3.96. The van der Waals surface area contributed by atoms with Crippen molar-refractivity contribution in [2.45, 2.75) is 25.3 Å². The van der Waals surface area contributed by atoms with Gasteiger partial charge in [-0.3, -0.25) is 9.59 Å². The van der Waals surface area contributed by atoms with Gasteiger partial charge < -0.3 is 19.5 Å². The number of rotatable bonds is 7. The Morgan fingerprint density at radius 1 is 1.14 bits per heavy atom. The van der Waals surface area contributed by atoms with Crippen molar-refractivity contribution in [2.24, 2.45) is 5.92 Å². The summed E-state index contributed by atoms with van der Waals surface area (Å²) in [7, 11) is 3.15. The van der Waals surface area contributed by atoms with Crippen molar-refractivity contribution >= 4 is 23.5 Å². The Bertz CT molecular complexity index is 883. The van der Waals surface area contributed by atoms with Gasteiger partial charge in [0.1, 0.15) is 0 Å². The fourth-order valence-electron chi connectivity index (χ4n) is 3.83. The van der Waals surface area contributed by atoms with E-state index in [1.807, 2.05) is 18.2 Å². The van der Waals surface area contributed by atoms with E-state index in [2.05, 4.69) is 0 Å². The normalized spacial score (nSPS) is 19.1. The summed E-state index contributed by atoms with van der Waals surface area (Å²) in [6, 6.07) is 12.1. The quantitative estimate of drug-likeness (QED) is 0.737. The lowest BCUT2D eigenvalue weighted by molar-refractivity contribution is -0.152. The maximum Gasteiger partial charge on any atom is 0.308 e. The van der Waals surface area contributed by atoms with Crippen LogP contribution >= 0.6 is 11.6 Å². The first-order valence-electron chi connectivity index (χ1n) is 9.43. The number of carbonyl (C=O) groups is 2. The van der Waals surface area contributed by atoms with Gasteiger partial charge in [-0.2, -0.15) is 0 Å². The molecule has 7 heteroatoms. The van der Waals surface area contributed by atoms with E-state index < -0.39 is 17.9 Å². The molecular weight excluding hydrogens is 394 g/mol. The maximum atomic E-state index is 12.7. The molecule has 0 bridgehead atoms. The number of hydrogen-bond acceptors (Lipinski definition) is 4. The number of aliphatic carboxylic acids is 1. The molecule has 3 rings (SSSR count). The zero-order valence-electron chi connectivity index (χ0n) is 16.4. The van der Waals surface area contributed by atoms with Crippen LogP contribution in [0.2, 0.25) is 5.02 Å². The average molecular weight is 418 g/mol. The molecule has 1 saturated heterocycles. The second-order valence-electron chi connectivity index (χ2n) is 7.01. The van der Waals surface area contributed by atoms with Gasteiger partial charge in [-0.15, -0.1) is 0 Å². The molecule has 0 aromatic heterocycles. The highest BCUT2D eigenvalue weighted by Crippen LogP contribution is 2.37. The number of carboxylic acids is 1. The van der Waals surface area contributed by atoms with E-state index in [0.29, 0.717) is 35.9 Å². The van der Waals surface area contributed by atoms with Gasteiger partial charge in [0.05, 0.1) is 26.2 Å². The van der Waals surface area contributed by atoms with Crippen LogP contribution in [-0.2, 0) is 16.0 Å². The molecule has 0 unspecified atom stereocenters. The number of amides is 1. The molecule has 1 heterocycles. The lowest BCUT2D eigenvalue weighted by Crippen LogP contribution is -2.46. The smallest absolute Gasteiger partial charge is 0.308 e. The Labute approximate surface area is 175 Å². The maximum absolute atomic E-state index is 12.7. The van der Waals surface area contributed by atoms with Crippen molar-refractivity contribution < 1.29 is 24.2 Å². The fraction of sp³-hybridized carbons (Fsp3) is 0.364. The number of nitrogens with zero attached hydrogens (tertiary/aromatic N) is 1. The van der Waals surface area contributed by atoms with Crippen molar-refractivity contribution in [3.63, 3.8) is 0 Å². The van der Waals surface area contributed by atoms with Crippen LogP contribution in [0.25, 0.3) is 0 Å². The second kappa shape index (κ2) is 9.18. The standard InChI is InChI=1S/C22H24ClNO5/c1-28-18-9-3-14(13-19(18)29-2)11-12-24-20(25)10-8-17(22(26)27)21(24)15-4-6-16(23)7-5-15/h3-7,9,13,17,21H,8,10-12H2,1-2H3,(H,26,27)/t17-,21-/m0/s1. The van der Waals surface area contributed by atoms with E-state index in [0.717, 1.165) is 11.1 Å². The van der Waals surface area contributed by atoms with Crippen LogP contribution in [0, 0.1) is 5.92 Å². The molecule has 2 aromatic carbocycles. The molecule has 6 nitrogen and oxygen atoms in total. The van der Waals surface area contributed by atoms with Gasteiger partial charge in [0.15, 0.2) is 11.5 Å². The van der Waals surface area contributed by atoms with Gasteiger partial charge in [-0.05, 0) is 48.2 Å². The molecular formula is C22H24ClNO5. The number of benzene rings is 2. The molecule has 0 aliphatic carbocycles. The predicted molar refractivity (Wildman–Crippen MR) is 110 cm³/mol. The van der Waals surface area contributed by atoms with Crippen molar-refractivity contribution in [3.05, 3.63) is 58.6 Å². The highest BCUT2D eigenvalue weighted by atomic mass is 35.5. The van der Waals surface area contributed by atoms with E-state index in [-0.39, 0.29) is 12.3 Å². The first-order chi connectivity index (χ1) is 13.9. The summed E-state index contributed by atoms with van der Waals surface area (Å²) >= 11 is 5.99. The van der Waals surface area contributed by atoms with Crippen LogP contribution in [0.1, 0.15) is 30.0 Å². The monoisotopic (exact) mass is 417 g/mol. The molecule has 1 amide bonds. The number of carbonyl (C=O) groups excluding carboxylic acids is 1. The van der Waals surface area contributed by atoms with Gasteiger partial charge >= 0.3 is 5.97 Å². The zero-order valence-corrected chi connectivity index (χ0v) is 17.2. The summed E-state index contributed by atoms with van der Waals surface area (Å²) in [5.41, 5.74) is 1.75. The summed E-state index contributed by atoms with van der Waals surface area (Å²) < 4.78 is 10.6. The third-order valence-electron chi connectivity index (χ3n) is 5.32. The third-order valence-corrected chi connectivity index (χ3v) is 5.58. The number of likely N-dealkylation sites (tertiary alicyclic amines) is 1. The number of ether oxygens (including phenoxy) is 2. The number of methoxy groups -OCH3 is 2. The fourth-order valence-corrected chi connectivity index (χ4v) is 3.96. The molecule has 1 fully saturated rings. The number of hydrogen-bond donors (Lipinski definition) is 1. The van der Waals surface area contributed by atoms with E-state index in [4.69, 9.17) is 21.1 Å². The summed E-state index contributed by atoms with van der Waals surface area (Å²) in [6.45, 7) is 0.408. The number of halogens is 1. The van der Waals surface area contributed by atoms with Crippen LogP contribution in [-0.4, -0.2) is 42.6 Å². The minimum atomic E-state index is -0.895. The summed E-state index contributed by atoms with van der Waals surface area (Å²) in [6.07, 6.45) is 1.13. The van der Waals surface area contributed by atoms with Gasteiger partial charge in [-0.25, -0.2) is 0 Å². The summed E-state index contributed by atoms with van der Waals surface area (Å²) in [5, 5.41) is 10.3. The van der Waals surface area contributed by atoms with Gasteiger partial charge in [0.25, 0.3) is 0 Å². The minimum absolute atomic E-state index is 0.0390. The lowest BCUT2D eigenvalue weighted by Gasteiger charge is -2.40. The molecule has 0 spiro atoms. The Morgan fingerprint density at radius 2 is 1.83 bits per heavy atom. The highest BCUT2D eigenvalue weighted by Gasteiger charge is 2.40. The SMILES string of the molecule is COc1ccc(CCN2C(=O)CC[C@H](C(=O)O)[C@@H]2c2ccc(Cl)cc2)cc1OC. The van der Waals surface area contributed by atoms with Crippen molar-refractivity contribution in [2.75, 3.05) is 20.8 Å². The Balaban J connectivity index is 1.86. The van der Waals surface area contributed by atoms with E-state index in [1.54, 1.807) is 43.4 Å². The van der Waals surface area contributed by atoms with Gasteiger partial charge in [0, 0.05) is 18.0 Å². The Morgan fingerprint density at radius 3 is 2.45 bits per heavy atom. The van der Waals surface area contributed by atoms with Crippen LogP contribution in [0.5, 0.6) is 11.5 Å². The average Bonchev–Trinajstić information content (AvgIpc) is 2.72. The zero-order chi connectivity index (χ0) is 21.0. The molecule has 2 atom stereocenters. The molecule has 29 heavy (non-hydrogen) atoms. The molecule has 0 radical (unpaired) electrons. The number of carboxylic acid groups (broad SMARTS) is 1. The van der Waals surface area contributed by atoms with Crippen LogP contribution < -0.4 is 9.47 Å². The first-order valence-corrected chi connectivity index (χ1v) is 9.81. The minimum Gasteiger partial charge on any atom is -0.493 e. The van der Waals surface area contributed by atoms with E-state index in [9.17, 15) is 14.7 Å². The summed E-state index contributed by atoms with van der Waals surface area (Å²) in [4.78, 5) is 26.3. The van der Waals surface area contributed by atoms with Crippen molar-refractivity contribution in [3.8, 4) is 11.5 Å². The van der Waals surface area contributed by atoms with Gasteiger partial charge in [-0.1, -0.05) is 29.8 Å². The van der Waals surface area contributed by atoms with Crippen LogP contribution in [0.15, 0.2) is 42.5 Å². The Kier molecular flexibility index (Phi) is 6.64. The largest absolute Gasteiger partial charge is 0.493 e. The Hall–Kier alpha value is -2.73. The third kappa shape index (κ3) is 4.65.